The number of ether oxygens (including phenoxy) is 2. The molecule has 0 atom stereocenters. The minimum atomic E-state index is -1.23. The maximum absolute atomic E-state index is 14.4. The van der Waals surface area contributed by atoms with Crippen LogP contribution in [0.1, 0.15) is 47.1 Å². The first-order valence-corrected chi connectivity index (χ1v) is 8.65. The molecule has 6 nitrogen and oxygen atoms in total. The van der Waals surface area contributed by atoms with Gasteiger partial charge < -0.3 is 19.7 Å². The van der Waals surface area contributed by atoms with Crippen LogP contribution in [0.25, 0.3) is 0 Å². The molecule has 150 valence electrons. The fraction of sp³-hybridized carbons (Fsp3) is 0.579. The van der Waals surface area contributed by atoms with Crippen LogP contribution >= 0.6 is 0 Å². The van der Waals surface area contributed by atoms with E-state index < -0.39 is 40.6 Å². The van der Waals surface area contributed by atoms with Gasteiger partial charge in [-0.2, -0.15) is 0 Å². The van der Waals surface area contributed by atoms with Crippen LogP contribution in [-0.2, 0) is 15.0 Å². The maximum atomic E-state index is 14.4. The molecule has 1 saturated heterocycles. The molecular formula is C19H26F2N2O4. The molecule has 27 heavy (non-hydrogen) atoms. The van der Waals surface area contributed by atoms with E-state index in [0.717, 1.165) is 12.1 Å². The van der Waals surface area contributed by atoms with Crippen LogP contribution < -0.4 is 5.32 Å². The minimum Gasteiger partial charge on any atom is -0.444 e. The third kappa shape index (κ3) is 5.30. The number of halogens is 2. The second-order valence-electron chi connectivity index (χ2n) is 8.67. The fourth-order valence-electron chi connectivity index (χ4n) is 2.75. The Kier molecular flexibility index (Phi) is 5.41. The average molecular weight is 384 g/mol. The first-order valence-electron chi connectivity index (χ1n) is 8.65. The van der Waals surface area contributed by atoms with E-state index >= 15 is 0 Å². The summed E-state index contributed by atoms with van der Waals surface area (Å²) in [4.78, 5) is 25.8. The number of amides is 2. The highest BCUT2D eigenvalue weighted by molar-refractivity contribution is 5.73. The summed E-state index contributed by atoms with van der Waals surface area (Å²) in [6.07, 6.45) is -1.33. The molecule has 0 spiro atoms. The Hall–Kier alpha value is -2.38. The molecule has 1 heterocycles. The lowest BCUT2D eigenvalue weighted by Crippen LogP contribution is -2.69. The van der Waals surface area contributed by atoms with Crippen LogP contribution in [0.4, 0.5) is 18.4 Å². The smallest absolute Gasteiger partial charge is 0.410 e. The average Bonchev–Trinajstić information content (AvgIpc) is 2.38. The lowest BCUT2D eigenvalue weighted by atomic mass is 9.82. The summed E-state index contributed by atoms with van der Waals surface area (Å²) in [7, 11) is 0. The number of hydrogen-bond acceptors (Lipinski definition) is 4. The zero-order valence-corrected chi connectivity index (χ0v) is 16.5. The molecule has 0 saturated carbocycles. The van der Waals surface area contributed by atoms with Crippen molar-refractivity contribution in [1.29, 1.82) is 0 Å². The second kappa shape index (κ2) is 6.98. The number of likely N-dealkylation sites (tertiary alicyclic amines) is 1. The van der Waals surface area contributed by atoms with Crippen molar-refractivity contribution in [2.24, 2.45) is 0 Å². The Labute approximate surface area is 157 Å². The quantitative estimate of drug-likeness (QED) is 0.839. The molecule has 0 radical (unpaired) electrons. The van der Waals surface area contributed by atoms with Gasteiger partial charge in [-0.15, -0.1) is 0 Å². The van der Waals surface area contributed by atoms with E-state index in [1.165, 1.54) is 11.0 Å². The van der Waals surface area contributed by atoms with Gasteiger partial charge in [0.1, 0.15) is 28.4 Å². The molecular weight excluding hydrogens is 358 g/mol. The Morgan fingerprint density at radius 1 is 1.04 bits per heavy atom. The van der Waals surface area contributed by atoms with Crippen molar-refractivity contribution in [2.75, 3.05) is 13.1 Å². The van der Waals surface area contributed by atoms with Crippen molar-refractivity contribution < 1.29 is 27.8 Å². The molecule has 2 rings (SSSR count). The van der Waals surface area contributed by atoms with Gasteiger partial charge in [0.25, 0.3) is 0 Å². The second-order valence-corrected chi connectivity index (χ2v) is 8.67. The number of carbonyl (C=O) groups excluding carboxylic acids is 2. The zero-order valence-electron chi connectivity index (χ0n) is 16.5. The van der Waals surface area contributed by atoms with E-state index in [0.29, 0.717) is 0 Å². The summed E-state index contributed by atoms with van der Waals surface area (Å²) in [5.41, 5.74) is -2.58. The van der Waals surface area contributed by atoms with Crippen molar-refractivity contribution in [1.82, 2.24) is 10.2 Å². The Morgan fingerprint density at radius 3 is 2.07 bits per heavy atom. The number of nitrogens with one attached hydrogen (secondary N) is 1. The highest BCUT2D eigenvalue weighted by Crippen LogP contribution is 2.35. The van der Waals surface area contributed by atoms with Crippen LogP contribution in [-0.4, -0.2) is 41.4 Å². The van der Waals surface area contributed by atoms with Gasteiger partial charge in [-0.3, -0.25) is 0 Å². The van der Waals surface area contributed by atoms with Crippen molar-refractivity contribution in [2.45, 2.75) is 58.3 Å². The van der Waals surface area contributed by atoms with E-state index in [1.54, 1.807) is 41.5 Å². The van der Waals surface area contributed by atoms with Gasteiger partial charge in [0.15, 0.2) is 0 Å². The molecule has 1 aromatic rings. The molecule has 1 N–H and O–H groups in total. The zero-order chi connectivity index (χ0) is 20.6. The van der Waals surface area contributed by atoms with E-state index in [4.69, 9.17) is 9.47 Å². The van der Waals surface area contributed by atoms with Crippen LogP contribution in [0.2, 0.25) is 0 Å². The monoisotopic (exact) mass is 384 g/mol. The van der Waals surface area contributed by atoms with Crippen LogP contribution in [0.5, 0.6) is 0 Å². The molecule has 1 fully saturated rings. The highest BCUT2D eigenvalue weighted by atomic mass is 19.1. The topological polar surface area (TPSA) is 67.9 Å². The van der Waals surface area contributed by atoms with Crippen molar-refractivity contribution in [3.8, 4) is 0 Å². The van der Waals surface area contributed by atoms with Crippen molar-refractivity contribution in [3.05, 3.63) is 35.4 Å². The summed E-state index contributed by atoms with van der Waals surface area (Å²) in [5, 5.41) is 2.64. The summed E-state index contributed by atoms with van der Waals surface area (Å²) >= 11 is 0. The largest absolute Gasteiger partial charge is 0.444 e. The van der Waals surface area contributed by atoms with Gasteiger partial charge in [0.2, 0.25) is 0 Å². The molecule has 8 heteroatoms. The maximum Gasteiger partial charge on any atom is 0.410 e. The number of benzene rings is 1. The normalized spacial score (nSPS) is 16.4. The van der Waals surface area contributed by atoms with E-state index in [9.17, 15) is 18.4 Å². The molecule has 1 aliphatic rings. The van der Waals surface area contributed by atoms with Gasteiger partial charge >= 0.3 is 12.2 Å². The van der Waals surface area contributed by atoms with Crippen LogP contribution in [0, 0.1) is 11.6 Å². The molecule has 0 unspecified atom stereocenters. The van der Waals surface area contributed by atoms with Crippen molar-refractivity contribution in [3.63, 3.8) is 0 Å². The number of carbonyl (C=O) groups is 2. The first-order chi connectivity index (χ1) is 12.2. The molecule has 2 amide bonds. The van der Waals surface area contributed by atoms with Gasteiger partial charge in [0.05, 0.1) is 13.1 Å². The van der Waals surface area contributed by atoms with E-state index in [1.807, 2.05) is 0 Å². The van der Waals surface area contributed by atoms with Gasteiger partial charge in [-0.05, 0) is 47.6 Å². The number of alkyl carbamates (subject to hydrolysis) is 1. The van der Waals surface area contributed by atoms with Gasteiger partial charge in [-0.1, -0.05) is 6.07 Å². The van der Waals surface area contributed by atoms with Crippen molar-refractivity contribution >= 4 is 12.2 Å². The lowest BCUT2D eigenvalue weighted by Gasteiger charge is -2.50. The predicted octanol–water partition coefficient (Wildman–Crippen LogP) is 3.94. The number of nitrogens with zero attached hydrogens (tertiary/aromatic N) is 1. The summed E-state index contributed by atoms with van der Waals surface area (Å²) in [6.45, 7) is 10.2. The minimum absolute atomic E-state index is 0.0241. The molecule has 1 aromatic carbocycles. The van der Waals surface area contributed by atoms with E-state index in [2.05, 4.69) is 5.32 Å². The third-order valence-electron chi connectivity index (χ3n) is 3.76. The summed E-state index contributed by atoms with van der Waals surface area (Å²) in [5.74, 6) is -1.54. The number of rotatable bonds is 2. The molecule has 0 aromatic heterocycles. The molecule has 1 aliphatic heterocycles. The first kappa shape index (κ1) is 20.9. The number of hydrogen-bond donors (Lipinski definition) is 1. The fourth-order valence-corrected chi connectivity index (χ4v) is 2.75. The van der Waals surface area contributed by atoms with E-state index in [-0.39, 0.29) is 18.7 Å². The molecule has 0 bridgehead atoms. The SMILES string of the molecule is CC(C)(C)OC(=O)NC1(c2ccc(F)cc2F)CN(C(=O)OC(C)(C)C)C1. The Bertz CT molecular complexity index is 732. The Balaban J connectivity index is 2.24. The van der Waals surface area contributed by atoms with Crippen LogP contribution in [0.15, 0.2) is 18.2 Å². The predicted molar refractivity (Wildman–Crippen MR) is 95.2 cm³/mol. The summed E-state index contributed by atoms with van der Waals surface area (Å²) in [6, 6.07) is 3.10. The lowest BCUT2D eigenvalue weighted by molar-refractivity contribution is -0.0238. The van der Waals surface area contributed by atoms with Crippen LogP contribution in [0.3, 0.4) is 0 Å². The van der Waals surface area contributed by atoms with Gasteiger partial charge in [-0.25, -0.2) is 18.4 Å². The Morgan fingerprint density at radius 2 is 1.59 bits per heavy atom. The standard InChI is InChI=1S/C19H26F2N2O4/c1-17(2,3)26-15(24)22-19(13-8-7-12(20)9-14(13)21)10-23(11-19)16(25)27-18(4,5)6/h7-9H,10-11H2,1-6H3,(H,22,24). The highest BCUT2D eigenvalue weighted by Gasteiger charge is 2.51. The third-order valence-corrected chi connectivity index (χ3v) is 3.76. The molecule has 0 aliphatic carbocycles. The summed E-state index contributed by atoms with van der Waals surface area (Å²) < 4.78 is 38.2. The van der Waals surface area contributed by atoms with Gasteiger partial charge in [0, 0.05) is 11.6 Å².